The Balaban J connectivity index is 1.31. The van der Waals surface area contributed by atoms with E-state index in [4.69, 9.17) is 5.73 Å². The Labute approximate surface area is 180 Å². The third-order valence-electron chi connectivity index (χ3n) is 7.34. The number of nitrogens with two attached hydrogens (primary N) is 1. The van der Waals surface area contributed by atoms with Gasteiger partial charge in [0, 0.05) is 24.2 Å². The van der Waals surface area contributed by atoms with Gasteiger partial charge in [0.25, 0.3) is 5.91 Å². The zero-order valence-corrected chi connectivity index (χ0v) is 17.7. The molecule has 0 bridgehead atoms. The maximum absolute atomic E-state index is 13.3. The van der Waals surface area contributed by atoms with Gasteiger partial charge in [0.15, 0.2) is 5.69 Å². The number of nitrogens with zero attached hydrogens (tertiary/aromatic N) is 4. The van der Waals surface area contributed by atoms with E-state index in [0.29, 0.717) is 35.2 Å². The largest absolute Gasteiger partial charge is 0.364 e. The molecule has 1 aliphatic heterocycles. The highest BCUT2D eigenvalue weighted by Gasteiger charge is 2.56. The van der Waals surface area contributed by atoms with Gasteiger partial charge in [-0.15, -0.1) is 0 Å². The number of nitrogens with one attached hydrogen (secondary N) is 1. The minimum absolute atomic E-state index is 0.0514. The Morgan fingerprint density at radius 1 is 1.26 bits per heavy atom. The van der Waals surface area contributed by atoms with E-state index in [9.17, 15) is 14.4 Å². The average Bonchev–Trinajstić information content (AvgIpc) is 3.08. The van der Waals surface area contributed by atoms with E-state index in [2.05, 4.69) is 22.3 Å². The molecule has 1 saturated heterocycles. The maximum atomic E-state index is 13.3. The van der Waals surface area contributed by atoms with Crippen molar-refractivity contribution in [1.29, 1.82) is 0 Å². The molecule has 0 radical (unpaired) electrons. The molecule has 3 aliphatic rings. The standard InChI is InChI=1S/C22H28N6O3/c1-12-3-2-4-13(12)9-25-22(31)17-8-14-7-16(14)28(17)19(29)11-27-18-10-24-6-5-15(18)20(26-27)21(23)30/h5-6,10,12-14,16-17H,2-4,7-9,11H2,1H3,(H2,23,30)(H,25,31)/t12?,13?,14-,16-,17+/m1/s1. The molecule has 2 aromatic rings. The Morgan fingerprint density at radius 2 is 2.10 bits per heavy atom. The van der Waals surface area contributed by atoms with Gasteiger partial charge in [-0.1, -0.05) is 19.8 Å². The minimum Gasteiger partial charge on any atom is -0.364 e. The van der Waals surface area contributed by atoms with Crippen LogP contribution in [0.2, 0.25) is 0 Å². The van der Waals surface area contributed by atoms with Gasteiger partial charge in [0.2, 0.25) is 11.8 Å². The van der Waals surface area contributed by atoms with E-state index in [-0.39, 0.29) is 30.1 Å². The highest BCUT2D eigenvalue weighted by atomic mass is 16.2. The van der Waals surface area contributed by atoms with Gasteiger partial charge in [0.1, 0.15) is 12.6 Å². The third-order valence-corrected chi connectivity index (χ3v) is 7.34. The first-order chi connectivity index (χ1) is 14.9. The quantitative estimate of drug-likeness (QED) is 0.718. The molecule has 2 saturated carbocycles. The van der Waals surface area contributed by atoms with Crippen LogP contribution in [0.1, 0.15) is 49.5 Å². The predicted octanol–water partition coefficient (Wildman–Crippen LogP) is 1.07. The van der Waals surface area contributed by atoms with Gasteiger partial charge >= 0.3 is 0 Å². The summed E-state index contributed by atoms with van der Waals surface area (Å²) in [6, 6.07) is 1.36. The summed E-state index contributed by atoms with van der Waals surface area (Å²) >= 11 is 0. The van der Waals surface area contributed by atoms with Crippen LogP contribution in [0, 0.1) is 17.8 Å². The van der Waals surface area contributed by atoms with Crippen molar-refractivity contribution >= 4 is 28.6 Å². The molecule has 9 heteroatoms. The summed E-state index contributed by atoms with van der Waals surface area (Å²) in [5.74, 6) is 0.704. The number of rotatable bonds is 6. The average molecular weight is 425 g/mol. The topological polar surface area (TPSA) is 123 Å². The molecule has 5 atom stereocenters. The summed E-state index contributed by atoms with van der Waals surface area (Å²) in [4.78, 5) is 43.8. The molecule has 3 amide bonds. The lowest BCUT2D eigenvalue weighted by molar-refractivity contribution is -0.140. The van der Waals surface area contributed by atoms with E-state index in [1.54, 1.807) is 23.4 Å². The van der Waals surface area contributed by atoms with Crippen molar-refractivity contribution in [2.45, 2.75) is 57.7 Å². The number of piperidine rings is 1. The van der Waals surface area contributed by atoms with Crippen molar-refractivity contribution in [2.24, 2.45) is 23.5 Å². The number of primary amides is 1. The smallest absolute Gasteiger partial charge is 0.269 e. The molecule has 3 heterocycles. The number of fused-ring (bicyclic) bond motifs is 2. The van der Waals surface area contributed by atoms with Crippen molar-refractivity contribution in [2.75, 3.05) is 6.54 Å². The Hall–Kier alpha value is -2.97. The van der Waals surface area contributed by atoms with Crippen LogP contribution in [0.3, 0.4) is 0 Å². The van der Waals surface area contributed by atoms with Gasteiger partial charge in [-0.25, -0.2) is 0 Å². The fraction of sp³-hybridized carbons (Fsp3) is 0.591. The van der Waals surface area contributed by atoms with Crippen LogP contribution in [0.15, 0.2) is 18.5 Å². The number of amides is 3. The fourth-order valence-electron chi connectivity index (χ4n) is 5.46. The number of carbonyl (C=O) groups is 3. The number of pyridine rings is 1. The van der Waals surface area contributed by atoms with E-state index < -0.39 is 11.9 Å². The first-order valence-corrected chi connectivity index (χ1v) is 11.1. The van der Waals surface area contributed by atoms with Crippen molar-refractivity contribution in [3.05, 3.63) is 24.2 Å². The molecule has 5 rings (SSSR count). The van der Waals surface area contributed by atoms with Crippen LogP contribution in [0.5, 0.6) is 0 Å². The summed E-state index contributed by atoms with van der Waals surface area (Å²) < 4.78 is 1.47. The molecule has 0 spiro atoms. The van der Waals surface area contributed by atoms with Gasteiger partial charge in [-0.2, -0.15) is 5.10 Å². The SMILES string of the molecule is CC1CCCC1CNC(=O)[C@@H]1C[C@H]2C[C@H]2N1C(=O)Cn1nc(C(N)=O)c2ccncc21. The van der Waals surface area contributed by atoms with Crippen molar-refractivity contribution in [3.8, 4) is 0 Å². The van der Waals surface area contributed by atoms with Crippen LogP contribution in [0.4, 0.5) is 0 Å². The van der Waals surface area contributed by atoms with Gasteiger partial charge < -0.3 is 16.0 Å². The minimum atomic E-state index is -0.649. The summed E-state index contributed by atoms with van der Waals surface area (Å²) in [7, 11) is 0. The van der Waals surface area contributed by atoms with Gasteiger partial charge in [-0.3, -0.25) is 24.0 Å². The Bertz CT molecular complexity index is 1050. The summed E-state index contributed by atoms with van der Waals surface area (Å²) in [5.41, 5.74) is 6.15. The highest BCUT2D eigenvalue weighted by molar-refractivity contribution is 6.04. The molecular formula is C22H28N6O3. The van der Waals surface area contributed by atoms with Crippen molar-refractivity contribution in [3.63, 3.8) is 0 Å². The molecule has 3 N–H and O–H groups in total. The summed E-state index contributed by atoms with van der Waals surface area (Å²) in [6.45, 7) is 2.88. The lowest BCUT2D eigenvalue weighted by Crippen LogP contribution is -2.49. The highest BCUT2D eigenvalue weighted by Crippen LogP contribution is 2.48. The number of likely N-dealkylation sites (tertiary alicyclic amines) is 1. The molecule has 164 valence electrons. The molecule has 9 nitrogen and oxygen atoms in total. The van der Waals surface area contributed by atoms with E-state index in [1.807, 2.05) is 0 Å². The van der Waals surface area contributed by atoms with Crippen LogP contribution >= 0.6 is 0 Å². The molecule has 0 aromatic carbocycles. The predicted molar refractivity (Wildman–Crippen MR) is 113 cm³/mol. The molecule has 2 aromatic heterocycles. The molecule has 2 unspecified atom stereocenters. The number of hydrogen-bond donors (Lipinski definition) is 2. The lowest BCUT2D eigenvalue weighted by atomic mass is 9.98. The maximum Gasteiger partial charge on any atom is 0.269 e. The van der Waals surface area contributed by atoms with Crippen LogP contribution in [0.25, 0.3) is 10.9 Å². The molecular weight excluding hydrogens is 396 g/mol. The molecule has 3 fully saturated rings. The summed E-state index contributed by atoms with van der Waals surface area (Å²) in [6.07, 6.45) is 8.39. The van der Waals surface area contributed by atoms with Crippen molar-refractivity contribution < 1.29 is 14.4 Å². The first kappa shape index (κ1) is 20.0. The Morgan fingerprint density at radius 3 is 2.84 bits per heavy atom. The normalized spacial score (nSPS) is 29.2. The lowest BCUT2D eigenvalue weighted by Gasteiger charge is -2.27. The second kappa shape index (κ2) is 7.62. The number of aromatic nitrogens is 3. The van der Waals surface area contributed by atoms with E-state index in [1.165, 1.54) is 17.5 Å². The van der Waals surface area contributed by atoms with Crippen LogP contribution in [-0.4, -0.2) is 56.0 Å². The molecule has 31 heavy (non-hydrogen) atoms. The second-order valence-corrected chi connectivity index (χ2v) is 9.29. The van der Waals surface area contributed by atoms with Crippen LogP contribution in [-0.2, 0) is 16.1 Å². The Kier molecular flexibility index (Phi) is 4.91. The first-order valence-electron chi connectivity index (χ1n) is 11.1. The zero-order valence-electron chi connectivity index (χ0n) is 17.7. The fourth-order valence-corrected chi connectivity index (χ4v) is 5.46. The molecule has 2 aliphatic carbocycles. The number of carbonyl (C=O) groups excluding carboxylic acids is 3. The van der Waals surface area contributed by atoms with Crippen LogP contribution < -0.4 is 11.1 Å². The second-order valence-electron chi connectivity index (χ2n) is 9.29. The zero-order chi connectivity index (χ0) is 21.7. The van der Waals surface area contributed by atoms with E-state index in [0.717, 1.165) is 19.3 Å². The third kappa shape index (κ3) is 3.55. The number of hydrogen-bond acceptors (Lipinski definition) is 5. The van der Waals surface area contributed by atoms with Gasteiger partial charge in [0.05, 0.1) is 11.7 Å². The van der Waals surface area contributed by atoms with Gasteiger partial charge in [-0.05, 0) is 43.1 Å². The van der Waals surface area contributed by atoms with Crippen molar-refractivity contribution in [1.82, 2.24) is 25.0 Å². The summed E-state index contributed by atoms with van der Waals surface area (Å²) in [5, 5.41) is 7.94. The monoisotopic (exact) mass is 424 g/mol. The van der Waals surface area contributed by atoms with E-state index >= 15 is 0 Å².